The molecule has 1 atom stereocenters. The Morgan fingerprint density at radius 3 is 2.94 bits per heavy atom. The first kappa shape index (κ1) is 12.8. The predicted molar refractivity (Wildman–Crippen MR) is 70.4 cm³/mol. The molecule has 96 valence electrons. The van der Waals surface area contributed by atoms with Gasteiger partial charge in [-0.1, -0.05) is 0 Å². The fraction of sp³-hybridized carbons (Fsp3) is 0.615. The molecule has 1 saturated heterocycles. The fourth-order valence-electron chi connectivity index (χ4n) is 2.39. The highest BCUT2D eigenvalue weighted by atomic mass is 15.3. The minimum atomic E-state index is 0.428. The molecule has 1 aromatic heterocycles. The minimum Gasteiger partial charge on any atom is -0.340 e. The molecule has 0 spiro atoms. The summed E-state index contributed by atoms with van der Waals surface area (Å²) in [6.45, 7) is 4.07. The number of aromatic nitrogens is 2. The van der Waals surface area contributed by atoms with Crippen LogP contribution in [0.4, 0.5) is 5.95 Å². The smallest absolute Gasteiger partial charge is 0.226 e. The molecule has 5 heteroatoms. The number of nitrogens with zero attached hydrogens (tertiary/aromatic N) is 5. The third-order valence-electron chi connectivity index (χ3n) is 3.42. The molecule has 5 nitrogen and oxygen atoms in total. The normalized spacial score (nSPS) is 20.4. The van der Waals surface area contributed by atoms with E-state index < -0.39 is 0 Å². The van der Waals surface area contributed by atoms with Gasteiger partial charge in [0.2, 0.25) is 5.95 Å². The molecule has 2 rings (SSSR count). The summed E-state index contributed by atoms with van der Waals surface area (Å²) in [6.07, 6.45) is 2.35. The highest BCUT2D eigenvalue weighted by Crippen LogP contribution is 2.18. The van der Waals surface area contributed by atoms with E-state index in [0.29, 0.717) is 17.7 Å². The van der Waals surface area contributed by atoms with Crippen LogP contribution in [0.15, 0.2) is 6.07 Å². The summed E-state index contributed by atoms with van der Waals surface area (Å²) >= 11 is 0. The maximum Gasteiger partial charge on any atom is 0.226 e. The maximum absolute atomic E-state index is 8.95. The number of hydrogen-bond donors (Lipinski definition) is 0. The Bertz CT molecular complexity index is 465. The lowest BCUT2D eigenvalue weighted by molar-refractivity contribution is 0.247. The van der Waals surface area contributed by atoms with Crippen LogP contribution < -0.4 is 4.90 Å². The molecule has 1 aromatic rings. The van der Waals surface area contributed by atoms with Gasteiger partial charge >= 0.3 is 0 Å². The van der Waals surface area contributed by atoms with Crippen molar-refractivity contribution < 1.29 is 0 Å². The lowest BCUT2D eigenvalue weighted by atomic mass is 10.1. The standard InChI is InChI=1S/C13H19N5/c1-10-7-11(8-14)16-13(15-10)18(3)12-5-4-6-17(2)9-12/h7,12H,4-6,9H2,1-3H3. The first-order valence-corrected chi connectivity index (χ1v) is 6.27. The van der Waals surface area contributed by atoms with Crippen molar-refractivity contribution in [2.75, 3.05) is 32.1 Å². The number of likely N-dealkylation sites (tertiary alicyclic amines) is 1. The van der Waals surface area contributed by atoms with E-state index >= 15 is 0 Å². The van der Waals surface area contributed by atoms with Crippen LogP contribution in [0.1, 0.15) is 24.2 Å². The van der Waals surface area contributed by atoms with Crippen molar-refractivity contribution in [3.63, 3.8) is 0 Å². The van der Waals surface area contributed by atoms with Crippen molar-refractivity contribution in [1.29, 1.82) is 5.26 Å². The average molecular weight is 245 g/mol. The van der Waals surface area contributed by atoms with Gasteiger partial charge in [0.05, 0.1) is 0 Å². The summed E-state index contributed by atoms with van der Waals surface area (Å²) < 4.78 is 0. The second-order valence-corrected chi connectivity index (χ2v) is 4.98. The number of piperidine rings is 1. The summed E-state index contributed by atoms with van der Waals surface area (Å²) in [5.74, 6) is 0.659. The Morgan fingerprint density at radius 1 is 1.50 bits per heavy atom. The predicted octanol–water partition coefficient (Wildman–Crippen LogP) is 1.19. The first-order chi connectivity index (χ1) is 8.60. The SMILES string of the molecule is Cc1cc(C#N)nc(N(C)C2CCCN(C)C2)n1. The van der Waals surface area contributed by atoms with Crippen LogP contribution in [0.2, 0.25) is 0 Å². The van der Waals surface area contributed by atoms with Gasteiger partial charge in [0.15, 0.2) is 0 Å². The number of aryl methyl sites for hydroxylation is 1. The van der Waals surface area contributed by atoms with Crippen molar-refractivity contribution in [3.05, 3.63) is 17.5 Å². The van der Waals surface area contributed by atoms with E-state index in [1.54, 1.807) is 6.07 Å². The molecule has 1 aliphatic rings. The monoisotopic (exact) mass is 245 g/mol. The van der Waals surface area contributed by atoms with E-state index in [4.69, 9.17) is 5.26 Å². The Labute approximate surface area is 108 Å². The number of hydrogen-bond acceptors (Lipinski definition) is 5. The molecule has 0 radical (unpaired) electrons. The quantitative estimate of drug-likeness (QED) is 0.783. The van der Waals surface area contributed by atoms with Crippen LogP contribution in [0.5, 0.6) is 0 Å². The molecular formula is C13H19N5. The Hall–Kier alpha value is -1.67. The van der Waals surface area contributed by atoms with E-state index in [-0.39, 0.29) is 0 Å². The summed E-state index contributed by atoms with van der Waals surface area (Å²) in [5, 5.41) is 8.95. The van der Waals surface area contributed by atoms with Gasteiger partial charge in [-0.25, -0.2) is 9.97 Å². The van der Waals surface area contributed by atoms with Crippen molar-refractivity contribution in [2.45, 2.75) is 25.8 Å². The Kier molecular flexibility index (Phi) is 3.78. The molecule has 18 heavy (non-hydrogen) atoms. The molecule has 0 bridgehead atoms. The third kappa shape index (κ3) is 2.77. The summed E-state index contributed by atoms with van der Waals surface area (Å²) in [7, 11) is 4.15. The van der Waals surface area contributed by atoms with E-state index in [1.807, 2.05) is 14.0 Å². The van der Waals surface area contributed by atoms with Gasteiger partial charge in [0.25, 0.3) is 0 Å². The van der Waals surface area contributed by atoms with Gasteiger partial charge < -0.3 is 9.80 Å². The van der Waals surface area contributed by atoms with E-state index in [9.17, 15) is 0 Å². The van der Waals surface area contributed by atoms with E-state index in [1.165, 1.54) is 6.42 Å². The van der Waals surface area contributed by atoms with Crippen molar-refractivity contribution in [1.82, 2.24) is 14.9 Å². The molecule has 0 aliphatic carbocycles. The van der Waals surface area contributed by atoms with E-state index in [2.05, 4.69) is 32.9 Å². The molecule has 2 heterocycles. The highest BCUT2D eigenvalue weighted by Gasteiger charge is 2.23. The van der Waals surface area contributed by atoms with Crippen LogP contribution >= 0.6 is 0 Å². The van der Waals surface area contributed by atoms with Crippen LogP contribution in [0, 0.1) is 18.3 Å². The number of rotatable bonds is 2. The maximum atomic E-state index is 8.95. The van der Waals surface area contributed by atoms with Crippen molar-refractivity contribution >= 4 is 5.95 Å². The van der Waals surface area contributed by atoms with Gasteiger partial charge in [-0.3, -0.25) is 0 Å². The molecule has 0 amide bonds. The zero-order valence-corrected chi connectivity index (χ0v) is 11.2. The highest BCUT2D eigenvalue weighted by molar-refractivity contribution is 5.36. The van der Waals surface area contributed by atoms with Gasteiger partial charge in [-0.15, -0.1) is 0 Å². The second kappa shape index (κ2) is 5.32. The average Bonchev–Trinajstić information content (AvgIpc) is 2.37. The zero-order valence-electron chi connectivity index (χ0n) is 11.2. The summed E-state index contributed by atoms with van der Waals surface area (Å²) in [5.41, 5.74) is 1.28. The van der Waals surface area contributed by atoms with E-state index in [0.717, 1.165) is 25.2 Å². The van der Waals surface area contributed by atoms with Gasteiger partial charge in [-0.2, -0.15) is 5.26 Å². The van der Waals surface area contributed by atoms with Crippen LogP contribution in [-0.2, 0) is 0 Å². The topological polar surface area (TPSA) is 56.1 Å². The number of likely N-dealkylation sites (N-methyl/N-ethyl adjacent to an activating group) is 2. The molecule has 0 saturated carbocycles. The lowest BCUT2D eigenvalue weighted by Crippen LogP contribution is -2.45. The number of nitriles is 1. The molecule has 1 fully saturated rings. The van der Waals surface area contributed by atoms with Gasteiger partial charge in [0.1, 0.15) is 11.8 Å². The second-order valence-electron chi connectivity index (χ2n) is 4.98. The molecule has 0 aromatic carbocycles. The first-order valence-electron chi connectivity index (χ1n) is 6.27. The molecule has 1 aliphatic heterocycles. The molecule has 0 N–H and O–H groups in total. The largest absolute Gasteiger partial charge is 0.340 e. The third-order valence-corrected chi connectivity index (χ3v) is 3.42. The number of anilines is 1. The summed E-state index contributed by atoms with van der Waals surface area (Å²) in [6, 6.07) is 4.23. The van der Waals surface area contributed by atoms with Crippen molar-refractivity contribution in [2.24, 2.45) is 0 Å². The summed E-state index contributed by atoms with van der Waals surface area (Å²) in [4.78, 5) is 13.1. The molecule has 1 unspecified atom stereocenters. The minimum absolute atomic E-state index is 0.428. The Morgan fingerprint density at radius 2 is 2.28 bits per heavy atom. The van der Waals surface area contributed by atoms with Crippen LogP contribution in [0.25, 0.3) is 0 Å². The lowest BCUT2D eigenvalue weighted by Gasteiger charge is -2.35. The van der Waals surface area contributed by atoms with Crippen LogP contribution in [-0.4, -0.2) is 48.1 Å². The Balaban J connectivity index is 2.20. The zero-order chi connectivity index (χ0) is 13.1. The molecular weight excluding hydrogens is 226 g/mol. The van der Waals surface area contributed by atoms with Crippen LogP contribution in [0.3, 0.4) is 0 Å². The van der Waals surface area contributed by atoms with Gasteiger partial charge in [-0.05, 0) is 39.4 Å². The van der Waals surface area contributed by atoms with Gasteiger partial charge in [0, 0.05) is 25.3 Å². The van der Waals surface area contributed by atoms with Crippen molar-refractivity contribution in [3.8, 4) is 6.07 Å². The fourth-order valence-corrected chi connectivity index (χ4v) is 2.39.